The van der Waals surface area contributed by atoms with Gasteiger partial charge in [-0.15, -0.1) is 0 Å². The van der Waals surface area contributed by atoms with Gasteiger partial charge in [0.1, 0.15) is 0 Å². The topological polar surface area (TPSA) is 173 Å². The first-order valence-corrected chi connectivity index (χ1v) is 3.51. The number of aliphatic hydroxyl groups excluding tert-OH is 2. The molecule has 0 aromatic rings. The van der Waals surface area contributed by atoms with Crippen molar-refractivity contribution >= 4 is 35.0 Å². The van der Waals surface area contributed by atoms with Gasteiger partial charge in [0.2, 0.25) is 0 Å². The summed E-state index contributed by atoms with van der Waals surface area (Å²) in [6.07, 6.45) is 0. The van der Waals surface area contributed by atoms with Gasteiger partial charge in [-0.2, -0.15) is 0 Å². The molecule has 0 rings (SSSR count). The van der Waals surface area contributed by atoms with E-state index in [4.69, 9.17) is 21.7 Å². The van der Waals surface area contributed by atoms with Gasteiger partial charge in [0.15, 0.2) is 0 Å². The Morgan fingerprint density at radius 1 is 1.00 bits per heavy atom. The van der Waals surface area contributed by atoms with Crippen LogP contribution in [0.15, 0.2) is 0 Å². The predicted molar refractivity (Wildman–Crippen MR) is 45.9 cm³/mol. The Hall–Kier alpha value is -0.454. The second-order valence-corrected chi connectivity index (χ2v) is 2.22. The molecule has 0 aliphatic carbocycles. The van der Waals surface area contributed by atoms with Gasteiger partial charge in [-0.3, -0.25) is 0 Å². The van der Waals surface area contributed by atoms with Crippen LogP contribution in [-0.2, 0) is 9.59 Å². The van der Waals surface area contributed by atoms with Gasteiger partial charge in [-0.1, -0.05) is 0 Å². The molecule has 0 radical (unpaired) electrons. The van der Waals surface area contributed by atoms with Crippen molar-refractivity contribution < 1.29 is 30.0 Å². The largest absolute Gasteiger partial charge is 2.00 e. The Morgan fingerprint density at radius 3 is 1.20 bits per heavy atom. The summed E-state index contributed by atoms with van der Waals surface area (Å²) in [7, 11) is 0. The summed E-state index contributed by atoms with van der Waals surface area (Å²) >= 11 is 0. The van der Waals surface area contributed by atoms with Crippen LogP contribution in [0.3, 0.4) is 0 Å². The third-order valence-corrected chi connectivity index (χ3v) is 0.999. The molecule has 0 heterocycles. The molecule has 0 unspecified atom stereocenters. The second-order valence-electron chi connectivity index (χ2n) is 2.22. The fraction of sp³-hybridized carbons (Fsp3) is 0.667. The summed E-state index contributed by atoms with van der Waals surface area (Å²) in [6, 6.07) is -2.47. The number of rotatable bonds is 4. The summed E-state index contributed by atoms with van der Waals surface area (Å²) in [4.78, 5) is 19.1. The normalized spacial score (nSPS) is 12.5. The van der Waals surface area contributed by atoms with Crippen molar-refractivity contribution in [3.8, 4) is 0 Å². The van der Waals surface area contributed by atoms with E-state index in [1.807, 2.05) is 0 Å². The Balaban J connectivity index is -0.000000180. The van der Waals surface area contributed by atoms with Crippen molar-refractivity contribution in [2.75, 3.05) is 13.2 Å². The fourth-order valence-corrected chi connectivity index (χ4v) is 0.149. The zero-order valence-corrected chi connectivity index (χ0v) is 9.37. The standard InChI is InChI=1S/2C3H7NO3.Mg/c2*4-2(1-5)3(6)7;/h2*2,5H,1,4H2,(H,6,7);/q;;+2/p-2/t2*2-;/m00./s1. The van der Waals surface area contributed by atoms with Crippen LogP contribution in [0, 0.1) is 0 Å². The Morgan fingerprint density at radius 2 is 1.20 bits per heavy atom. The molecule has 6 N–H and O–H groups in total. The maximum Gasteiger partial charge on any atom is 2.00 e. The predicted octanol–water partition coefficient (Wildman–Crippen LogP) is -6.27. The van der Waals surface area contributed by atoms with E-state index in [0.717, 1.165) is 0 Å². The van der Waals surface area contributed by atoms with E-state index < -0.39 is 37.2 Å². The Labute approximate surface area is 102 Å². The van der Waals surface area contributed by atoms with Gasteiger partial charge in [-0.05, 0) is 0 Å². The summed E-state index contributed by atoms with van der Waals surface area (Å²) in [5, 5.41) is 35.0. The van der Waals surface area contributed by atoms with Crippen molar-refractivity contribution in [2.24, 2.45) is 11.5 Å². The monoisotopic (exact) mass is 232 g/mol. The molecule has 0 bridgehead atoms. The van der Waals surface area contributed by atoms with Crippen molar-refractivity contribution in [1.29, 1.82) is 0 Å². The van der Waals surface area contributed by atoms with Crippen LogP contribution >= 0.6 is 0 Å². The van der Waals surface area contributed by atoms with E-state index in [0.29, 0.717) is 0 Å². The minimum atomic E-state index is -1.43. The number of nitrogens with two attached hydrogens (primary N) is 2. The number of carboxylic acid groups (broad SMARTS) is 2. The molecule has 0 fully saturated rings. The van der Waals surface area contributed by atoms with E-state index >= 15 is 0 Å². The SMILES string of the molecule is N[C@@H](CO)C(=O)[O-].N[C@@H](CO)C(=O)[O-].[Mg+2]. The zero-order valence-electron chi connectivity index (χ0n) is 7.96. The average Bonchev–Trinajstić information content (AvgIpc) is 2.15. The van der Waals surface area contributed by atoms with E-state index in [9.17, 15) is 19.8 Å². The van der Waals surface area contributed by atoms with Crippen LogP contribution in [0.2, 0.25) is 0 Å². The number of aliphatic carboxylic acids is 2. The zero-order chi connectivity index (χ0) is 11.7. The number of carboxylic acids is 2. The van der Waals surface area contributed by atoms with Crippen molar-refractivity contribution in [3.05, 3.63) is 0 Å². The molecule has 9 heteroatoms. The van der Waals surface area contributed by atoms with Crippen LogP contribution in [0.4, 0.5) is 0 Å². The summed E-state index contributed by atoms with van der Waals surface area (Å²) < 4.78 is 0. The van der Waals surface area contributed by atoms with E-state index in [1.54, 1.807) is 0 Å². The molecule has 0 aromatic heterocycles. The van der Waals surface area contributed by atoms with Crippen LogP contribution in [0.1, 0.15) is 0 Å². The number of hydrogen-bond donors (Lipinski definition) is 4. The molecule has 0 saturated carbocycles. The van der Waals surface area contributed by atoms with Gasteiger partial charge < -0.3 is 41.5 Å². The summed E-state index contributed by atoms with van der Waals surface area (Å²) in [6.45, 7) is -1.13. The maximum absolute atomic E-state index is 9.53. The van der Waals surface area contributed by atoms with Gasteiger partial charge in [0, 0.05) is 0 Å². The van der Waals surface area contributed by atoms with E-state index in [2.05, 4.69) is 0 Å². The molecular formula is C6H12MgN2O6. The second kappa shape index (κ2) is 11.6. The smallest absolute Gasteiger partial charge is 0.548 e. The van der Waals surface area contributed by atoms with Gasteiger partial charge >= 0.3 is 23.1 Å². The van der Waals surface area contributed by atoms with Crippen LogP contribution in [0.5, 0.6) is 0 Å². The van der Waals surface area contributed by atoms with Crippen LogP contribution in [0.25, 0.3) is 0 Å². The minimum absolute atomic E-state index is 0. The van der Waals surface area contributed by atoms with Crippen molar-refractivity contribution in [3.63, 3.8) is 0 Å². The molecule has 84 valence electrons. The molecule has 15 heavy (non-hydrogen) atoms. The van der Waals surface area contributed by atoms with E-state index in [-0.39, 0.29) is 23.1 Å². The Bertz CT molecular complexity index is 170. The van der Waals surface area contributed by atoms with Gasteiger partial charge in [0.05, 0.1) is 37.2 Å². The number of aliphatic hydroxyl groups is 2. The molecule has 0 aliphatic heterocycles. The third kappa shape index (κ3) is 13.5. The molecule has 0 aromatic carbocycles. The molecule has 0 spiro atoms. The quantitative estimate of drug-likeness (QED) is 0.346. The van der Waals surface area contributed by atoms with Crippen LogP contribution < -0.4 is 21.7 Å². The number of carbonyl (C=O) groups excluding carboxylic acids is 2. The van der Waals surface area contributed by atoms with Gasteiger partial charge in [-0.25, -0.2) is 0 Å². The molecule has 0 aliphatic rings. The minimum Gasteiger partial charge on any atom is -0.548 e. The first kappa shape index (κ1) is 20.0. The van der Waals surface area contributed by atoms with Crippen molar-refractivity contribution in [1.82, 2.24) is 0 Å². The first-order chi connectivity index (χ1) is 6.36. The molecule has 0 saturated heterocycles. The molecule has 0 amide bonds. The maximum atomic E-state index is 9.53. The molecule has 8 nitrogen and oxygen atoms in total. The third-order valence-electron chi connectivity index (χ3n) is 0.999. The summed E-state index contributed by atoms with van der Waals surface area (Å²) in [5.41, 5.74) is 9.41. The molecular weight excluding hydrogens is 220 g/mol. The van der Waals surface area contributed by atoms with Crippen molar-refractivity contribution in [2.45, 2.75) is 12.1 Å². The molecule has 2 atom stereocenters. The fourth-order valence-electron chi connectivity index (χ4n) is 0.149. The van der Waals surface area contributed by atoms with Gasteiger partial charge in [0.25, 0.3) is 0 Å². The number of hydrogen-bond acceptors (Lipinski definition) is 8. The van der Waals surface area contributed by atoms with Crippen LogP contribution in [-0.4, -0.2) is 70.5 Å². The average molecular weight is 232 g/mol. The number of carbonyl (C=O) groups is 2. The summed E-state index contributed by atoms with van der Waals surface area (Å²) in [5.74, 6) is -2.86. The Kier molecular flexibility index (Phi) is 15.5. The van der Waals surface area contributed by atoms with E-state index in [1.165, 1.54) is 0 Å². The first-order valence-electron chi connectivity index (χ1n) is 3.51.